The first-order chi connectivity index (χ1) is 6.74. The number of carbonyl (C=O) groups excluding carboxylic acids is 1. The van der Waals surface area contributed by atoms with Gasteiger partial charge >= 0.3 is 0 Å². The predicted octanol–water partition coefficient (Wildman–Crippen LogP) is -0.218. The minimum absolute atomic E-state index is 0.129. The Balaban J connectivity index is 2.13. The lowest BCUT2D eigenvalue weighted by molar-refractivity contribution is -0.137. The molecule has 2 fully saturated rings. The number of hydrogen-bond acceptors (Lipinski definition) is 5. The fourth-order valence-electron chi connectivity index (χ4n) is 2.11. The van der Waals surface area contributed by atoms with Crippen molar-refractivity contribution in [1.29, 1.82) is 0 Å². The van der Waals surface area contributed by atoms with Crippen LogP contribution in [0.4, 0.5) is 0 Å². The molecule has 0 N–H and O–H groups in total. The molecular weight excluding hydrogens is 188 g/mol. The van der Waals surface area contributed by atoms with Crippen LogP contribution in [0.1, 0.15) is 0 Å². The lowest BCUT2D eigenvalue weighted by atomic mass is 9.85. The zero-order valence-corrected chi connectivity index (χ0v) is 7.50. The second kappa shape index (κ2) is 3.32. The summed E-state index contributed by atoms with van der Waals surface area (Å²) < 4.78 is 0. The lowest BCUT2D eigenvalue weighted by Crippen LogP contribution is -2.55. The number of ketones is 1. The monoisotopic (exact) mass is 198 g/mol. The Morgan fingerprint density at radius 1 is 0.929 bits per heavy atom. The number of carbonyl (C=O) groups is 1. The molecule has 7 heteroatoms. The zero-order valence-electron chi connectivity index (χ0n) is 7.50. The molecule has 0 saturated carbocycles. The number of nitroso groups, excluding NO2 is 2. The van der Waals surface area contributed by atoms with E-state index in [1.807, 2.05) is 0 Å². The van der Waals surface area contributed by atoms with E-state index in [1.54, 1.807) is 0 Å². The van der Waals surface area contributed by atoms with Crippen molar-refractivity contribution in [1.82, 2.24) is 10.0 Å². The van der Waals surface area contributed by atoms with Crippen molar-refractivity contribution in [3.05, 3.63) is 9.81 Å². The van der Waals surface area contributed by atoms with Gasteiger partial charge in [0.1, 0.15) is 5.78 Å². The van der Waals surface area contributed by atoms with Gasteiger partial charge in [-0.05, 0) is 0 Å². The van der Waals surface area contributed by atoms with Crippen LogP contribution in [0.5, 0.6) is 0 Å². The fraction of sp³-hybridized carbons (Fsp3) is 0.857. The van der Waals surface area contributed by atoms with Crippen LogP contribution in [-0.2, 0) is 4.79 Å². The van der Waals surface area contributed by atoms with E-state index in [0.717, 1.165) is 0 Å². The lowest BCUT2D eigenvalue weighted by Gasteiger charge is -2.39. The number of fused-ring (bicyclic) bond motifs is 2. The van der Waals surface area contributed by atoms with Gasteiger partial charge in [-0.3, -0.25) is 14.8 Å². The number of hydrogen-bond donors (Lipinski definition) is 0. The van der Waals surface area contributed by atoms with Crippen LogP contribution in [0.25, 0.3) is 0 Å². The SMILES string of the molecule is O=NN1CC2CN(N=O)CC(C1)C2=O. The van der Waals surface area contributed by atoms with Gasteiger partial charge in [-0.25, -0.2) is 0 Å². The van der Waals surface area contributed by atoms with Crippen molar-refractivity contribution in [2.24, 2.45) is 22.4 Å². The quantitative estimate of drug-likeness (QED) is 0.573. The first-order valence-electron chi connectivity index (χ1n) is 4.44. The highest BCUT2D eigenvalue weighted by molar-refractivity contribution is 5.85. The molecule has 0 aromatic rings. The molecule has 0 atom stereocenters. The molecule has 0 aromatic heterocycles. The van der Waals surface area contributed by atoms with Crippen molar-refractivity contribution >= 4 is 5.78 Å². The van der Waals surface area contributed by atoms with Crippen LogP contribution in [0.2, 0.25) is 0 Å². The normalized spacial score (nSPS) is 31.6. The van der Waals surface area contributed by atoms with E-state index < -0.39 is 0 Å². The molecule has 2 aliphatic rings. The second-order valence-electron chi connectivity index (χ2n) is 3.70. The highest BCUT2D eigenvalue weighted by Gasteiger charge is 2.41. The van der Waals surface area contributed by atoms with Crippen LogP contribution >= 0.6 is 0 Å². The number of rotatable bonds is 2. The van der Waals surface area contributed by atoms with E-state index in [1.165, 1.54) is 10.0 Å². The number of piperidine rings is 2. The summed E-state index contributed by atoms with van der Waals surface area (Å²) in [6.45, 7) is 1.24. The Bertz CT molecular complexity index is 244. The van der Waals surface area contributed by atoms with Gasteiger partial charge < -0.3 is 0 Å². The molecular formula is C7H10N4O3. The van der Waals surface area contributed by atoms with E-state index in [-0.39, 0.29) is 17.6 Å². The van der Waals surface area contributed by atoms with Gasteiger partial charge in [0, 0.05) is 0 Å². The number of Topliss-reactive ketones (excluding diaryl/α,β-unsaturated/α-hetero) is 1. The summed E-state index contributed by atoms with van der Waals surface area (Å²) in [7, 11) is 0. The molecule has 2 rings (SSSR count). The molecule has 0 unspecified atom stereocenters. The van der Waals surface area contributed by atoms with Crippen molar-refractivity contribution in [3.8, 4) is 0 Å². The Morgan fingerprint density at radius 2 is 1.29 bits per heavy atom. The summed E-state index contributed by atoms with van der Waals surface area (Å²) in [5.41, 5.74) is 0. The third-order valence-electron chi connectivity index (χ3n) is 2.76. The van der Waals surface area contributed by atoms with Gasteiger partial charge in [0.25, 0.3) is 0 Å². The molecule has 0 amide bonds. The Hall–Kier alpha value is -1.53. The maximum atomic E-state index is 11.6. The molecule has 0 radical (unpaired) electrons. The average molecular weight is 198 g/mol. The minimum atomic E-state index is -0.294. The van der Waals surface area contributed by atoms with Crippen molar-refractivity contribution in [2.75, 3.05) is 26.2 Å². The summed E-state index contributed by atoms with van der Waals surface area (Å²) in [6, 6.07) is 0. The third kappa shape index (κ3) is 1.34. The van der Waals surface area contributed by atoms with Crippen molar-refractivity contribution < 1.29 is 4.79 Å². The molecule has 2 saturated heterocycles. The molecule has 2 bridgehead atoms. The first kappa shape index (κ1) is 9.04. The largest absolute Gasteiger partial charge is 0.299 e. The van der Waals surface area contributed by atoms with Crippen molar-refractivity contribution in [3.63, 3.8) is 0 Å². The molecule has 14 heavy (non-hydrogen) atoms. The smallest absolute Gasteiger partial charge is 0.146 e. The second-order valence-corrected chi connectivity index (χ2v) is 3.70. The molecule has 2 heterocycles. The minimum Gasteiger partial charge on any atom is -0.299 e. The third-order valence-corrected chi connectivity index (χ3v) is 2.76. The summed E-state index contributed by atoms with van der Waals surface area (Å²) in [5, 5.41) is 8.33. The van der Waals surface area contributed by atoms with Crippen LogP contribution in [0.3, 0.4) is 0 Å². The van der Waals surface area contributed by atoms with Gasteiger partial charge in [-0.15, -0.1) is 9.81 Å². The summed E-state index contributed by atoms with van der Waals surface area (Å²) >= 11 is 0. The van der Waals surface area contributed by atoms with E-state index in [0.29, 0.717) is 26.2 Å². The fourth-order valence-corrected chi connectivity index (χ4v) is 2.11. The Morgan fingerprint density at radius 3 is 1.57 bits per heavy atom. The maximum Gasteiger partial charge on any atom is 0.146 e. The predicted molar refractivity (Wildman–Crippen MR) is 46.7 cm³/mol. The van der Waals surface area contributed by atoms with E-state index in [2.05, 4.69) is 10.6 Å². The summed E-state index contributed by atoms with van der Waals surface area (Å²) in [4.78, 5) is 32.2. The van der Waals surface area contributed by atoms with Gasteiger partial charge in [0.2, 0.25) is 0 Å². The highest BCUT2D eigenvalue weighted by Crippen LogP contribution is 2.25. The Labute approximate surface area is 79.9 Å². The number of nitrogens with zero attached hydrogens (tertiary/aromatic N) is 4. The van der Waals surface area contributed by atoms with E-state index in [4.69, 9.17) is 0 Å². The average Bonchev–Trinajstić information content (AvgIpc) is 2.17. The molecule has 0 aliphatic carbocycles. The van der Waals surface area contributed by atoms with Crippen LogP contribution < -0.4 is 0 Å². The van der Waals surface area contributed by atoms with Gasteiger partial charge in [-0.1, -0.05) is 0 Å². The van der Waals surface area contributed by atoms with E-state index in [9.17, 15) is 14.6 Å². The summed E-state index contributed by atoms with van der Waals surface area (Å²) in [5.74, 6) is -0.458. The molecule has 7 nitrogen and oxygen atoms in total. The van der Waals surface area contributed by atoms with Gasteiger partial charge in [0.15, 0.2) is 0 Å². The highest BCUT2D eigenvalue weighted by atomic mass is 16.3. The molecule has 2 aliphatic heterocycles. The van der Waals surface area contributed by atoms with Crippen molar-refractivity contribution in [2.45, 2.75) is 0 Å². The summed E-state index contributed by atoms with van der Waals surface area (Å²) in [6.07, 6.45) is 0. The maximum absolute atomic E-state index is 11.6. The first-order valence-corrected chi connectivity index (χ1v) is 4.44. The van der Waals surface area contributed by atoms with E-state index >= 15 is 0 Å². The molecule has 0 aromatic carbocycles. The Kier molecular flexibility index (Phi) is 2.14. The van der Waals surface area contributed by atoms with Crippen LogP contribution in [0.15, 0.2) is 10.6 Å². The topological polar surface area (TPSA) is 82.4 Å². The van der Waals surface area contributed by atoms with Crippen LogP contribution in [-0.4, -0.2) is 42.0 Å². The van der Waals surface area contributed by atoms with Gasteiger partial charge in [-0.2, -0.15) is 0 Å². The van der Waals surface area contributed by atoms with Crippen LogP contribution in [0, 0.1) is 21.6 Å². The standard InChI is InChI=1S/C7H10N4O3/c12-7-5-1-10(8-13)3-6(7)4-11(2-5)9-14/h5-6H,1-4H2. The zero-order chi connectivity index (χ0) is 10.1. The molecule has 0 spiro atoms. The van der Waals surface area contributed by atoms with Gasteiger partial charge in [0.05, 0.1) is 48.6 Å². The molecule has 76 valence electrons.